The highest BCUT2D eigenvalue weighted by molar-refractivity contribution is 5.94. The van der Waals surface area contributed by atoms with Crippen LogP contribution < -0.4 is 15.4 Å². The Bertz CT molecular complexity index is 808. The van der Waals surface area contributed by atoms with Crippen molar-refractivity contribution in [2.45, 2.75) is 52.4 Å². The van der Waals surface area contributed by atoms with Gasteiger partial charge in [0.1, 0.15) is 5.75 Å². The molecule has 1 aromatic carbocycles. The zero-order valence-electron chi connectivity index (χ0n) is 16.4. The normalized spacial score (nSPS) is 11.1. The Balaban J connectivity index is 1.91. The molecule has 8 heteroatoms. The van der Waals surface area contributed by atoms with Gasteiger partial charge in [0.25, 0.3) is 0 Å². The summed E-state index contributed by atoms with van der Waals surface area (Å²) < 4.78 is 10.5. The number of hydrogen-bond donors (Lipinski definition) is 2. The minimum Gasteiger partial charge on any atom is -0.495 e. The maximum absolute atomic E-state index is 12.2. The first-order chi connectivity index (χ1) is 12.7. The van der Waals surface area contributed by atoms with Gasteiger partial charge in [0.2, 0.25) is 17.7 Å². The smallest absolute Gasteiger partial charge is 0.226 e. The molecular weight excluding hydrogens is 348 g/mol. The number of ether oxygens (including phenoxy) is 1. The van der Waals surface area contributed by atoms with E-state index in [1.165, 1.54) is 14.0 Å². The predicted octanol–water partition coefficient (Wildman–Crippen LogP) is 3.30. The monoisotopic (exact) mass is 374 g/mol. The van der Waals surface area contributed by atoms with Crippen LogP contribution in [0.15, 0.2) is 22.7 Å². The van der Waals surface area contributed by atoms with Crippen molar-refractivity contribution in [2.75, 3.05) is 17.7 Å². The number of rotatable bonds is 7. The summed E-state index contributed by atoms with van der Waals surface area (Å²) in [5, 5.41) is 9.46. The number of carbonyl (C=O) groups is 2. The number of nitrogens with one attached hydrogen (secondary N) is 2. The minimum absolute atomic E-state index is 0.163. The number of aryl methyl sites for hydroxylation is 1. The second-order valence-corrected chi connectivity index (χ2v) is 7.26. The molecule has 2 aromatic rings. The van der Waals surface area contributed by atoms with Crippen LogP contribution in [0.3, 0.4) is 0 Å². The lowest BCUT2D eigenvalue weighted by Crippen LogP contribution is -2.14. The summed E-state index contributed by atoms with van der Waals surface area (Å²) in [4.78, 5) is 27.8. The van der Waals surface area contributed by atoms with Crippen molar-refractivity contribution in [3.63, 3.8) is 0 Å². The number of hydrogen-bond acceptors (Lipinski definition) is 6. The second kappa shape index (κ2) is 8.66. The predicted molar refractivity (Wildman–Crippen MR) is 102 cm³/mol. The van der Waals surface area contributed by atoms with E-state index in [4.69, 9.17) is 9.26 Å². The van der Waals surface area contributed by atoms with Gasteiger partial charge in [0.05, 0.1) is 12.8 Å². The molecule has 1 heterocycles. The van der Waals surface area contributed by atoms with E-state index in [-0.39, 0.29) is 17.2 Å². The van der Waals surface area contributed by atoms with E-state index in [9.17, 15) is 9.59 Å². The summed E-state index contributed by atoms with van der Waals surface area (Å²) in [6.07, 6.45) is 1.39. The van der Waals surface area contributed by atoms with Crippen LogP contribution in [0.5, 0.6) is 5.75 Å². The van der Waals surface area contributed by atoms with Crippen LogP contribution in [0.1, 0.15) is 52.3 Å². The van der Waals surface area contributed by atoms with Crippen molar-refractivity contribution in [2.24, 2.45) is 0 Å². The van der Waals surface area contributed by atoms with Crippen molar-refractivity contribution < 1.29 is 18.8 Å². The van der Waals surface area contributed by atoms with Gasteiger partial charge < -0.3 is 19.9 Å². The maximum atomic E-state index is 12.2. The lowest BCUT2D eigenvalue weighted by molar-refractivity contribution is -0.116. The first-order valence-electron chi connectivity index (χ1n) is 8.77. The maximum Gasteiger partial charge on any atom is 0.226 e. The fourth-order valence-electron chi connectivity index (χ4n) is 2.36. The first-order valence-corrected chi connectivity index (χ1v) is 8.77. The Morgan fingerprint density at radius 1 is 1.22 bits per heavy atom. The molecule has 0 aliphatic rings. The number of amides is 2. The SMILES string of the molecule is COc1ccc(NC(C)=O)cc1NC(=O)CCCc1nc(C(C)(C)C)no1. The van der Waals surface area contributed by atoms with Crippen LogP contribution in [0.2, 0.25) is 0 Å². The third-order valence-electron chi connectivity index (χ3n) is 3.73. The van der Waals surface area contributed by atoms with E-state index in [1.54, 1.807) is 18.2 Å². The summed E-state index contributed by atoms with van der Waals surface area (Å²) in [5.41, 5.74) is 0.912. The largest absolute Gasteiger partial charge is 0.495 e. The molecule has 27 heavy (non-hydrogen) atoms. The molecule has 2 rings (SSSR count). The van der Waals surface area contributed by atoms with Gasteiger partial charge in [-0.05, 0) is 24.6 Å². The highest BCUT2D eigenvalue weighted by Gasteiger charge is 2.20. The van der Waals surface area contributed by atoms with Crippen molar-refractivity contribution in [3.05, 3.63) is 29.9 Å². The number of benzene rings is 1. The number of anilines is 2. The Morgan fingerprint density at radius 3 is 2.56 bits per heavy atom. The van der Waals surface area contributed by atoms with Gasteiger partial charge in [0, 0.05) is 30.9 Å². The molecule has 0 saturated heterocycles. The van der Waals surface area contributed by atoms with Crippen molar-refractivity contribution >= 4 is 23.2 Å². The molecular formula is C19H26N4O4. The van der Waals surface area contributed by atoms with Crippen molar-refractivity contribution in [1.29, 1.82) is 0 Å². The average Bonchev–Trinajstić information content (AvgIpc) is 3.04. The number of aromatic nitrogens is 2. The average molecular weight is 374 g/mol. The van der Waals surface area contributed by atoms with Gasteiger partial charge in [0.15, 0.2) is 5.82 Å². The number of carbonyl (C=O) groups excluding carboxylic acids is 2. The van der Waals surface area contributed by atoms with Crippen LogP contribution in [0, 0.1) is 0 Å². The van der Waals surface area contributed by atoms with E-state index in [0.29, 0.717) is 48.1 Å². The standard InChI is InChI=1S/C19H26N4O4/c1-12(24)20-13-9-10-15(26-5)14(11-13)21-16(25)7-6-8-17-22-18(23-27-17)19(2,3)4/h9-11H,6-8H2,1-5H3,(H,20,24)(H,21,25). The summed E-state index contributed by atoms with van der Waals surface area (Å²) in [5.74, 6) is 1.35. The zero-order valence-corrected chi connectivity index (χ0v) is 16.4. The molecule has 2 amide bonds. The Kier molecular flexibility index (Phi) is 6.55. The van der Waals surface area contributed by atoms with Crippen LogP contribution in [0.25, 0.3) is 0 Å². The third-order valence-corrected chi connectivity index (χ3v) is 3.73. The molecule has 8 nitrogen and oxygen atoms in total. The van der Waals surface area contributed by atoms with E-state index < -0.39 is 0 Å². The van der Waals surface area contributed by atoms with Gasteiger partial charge in [-0.2, -0.15) is 4.98 Å². The summed E-state index contributed by atoms with van der Waals surface area (Å²) >= 11 is 0. The van der Waals surface area contributed by atoms with Gasteiger partial charge in [-0.1, -0.05) is 25.9 Å². The quantitative estimate of drug-likeness (QED) is 0.770. The molecule has 0 radical (unpaired) electrons. The third kappa shape index (κ3) is 6.09. The molecule has 0 bridgehead atoms. The summed E-state index contributed by atoms with van der Waals surface area (Å²) in [7, 11) is 1.52. The highest BCUT2D eigenvalue weighted by Crippen LogP contribution is 2.28. The molecule has 0 atom stereocenters. The molecule has 0 saturated carbocycles. The second-order valence-electron chi connectivity index (χ2n) is 7.26. The van der Waals surface area contributed by atoms with Gasteiger partial charge in [-0.15, -0.1) is 0 Å². The molecule has 0 aliphatic carbocycles. The van der Waals surface area contributed by atoms with E-state index in [2.05, 4.69) is 20.8 Å². The van der Waals surface area contributed by atoms with E-state index >= 15 is 0 Å². The van der Waals surface area contributed by atoms with E-state index in [1.807, 2.05) is 20.8 Å². The molecule has 0 unspecified atom stereocenters. The molecule has 1 aromatic heterocycles. The van der Waals surface area contributed by atoms with Crippen LogP contribution in [-0.4, -0.2) is 29.1 Å². The first kappa shape index (κ1) is 20.4. The fourth-order valence-corrected chi connectivity index (χ4v) is 2.36. The lowest BCUT2D eigenvalue weighted by Gasteiger charge is -2.12. The molecule has 0 aliphatic heterocycles. The lowest BCUT2D eigenvalue weighted by atomic mass is 9.96. The Hall–Kier alpha value is -2.90. The van der Waals surface area contributed by atoms with Gasteiger partial charge in [-0.3, -0.25) is 9.59 Å². The topological polar surface area (TPSA) is 106 Å². The number of methoxy groups -OCH3 is 1. The zero-order chi connectivity index (χ0) is 20.0. The summed E-state index contributed by atoms with van der Waals surface area (Å²) in [6.45, 7) is 7.46. The minimum atomic E-state index is -0.188. The number of nitrogens with zero attached hydrogens (tertiary/aromatic N) is 2. The fraction of sp³-hybridized carbons (Fsp3) is 0.474. The molecule has 146 valence electrons. The molecule has 0 spiro atoms. The summed E-state index contributed by atoms with van der Waals surface area (Å²) in [6, 6.07) is 5.05. The van der Waals surface area contributed by atoms with Gasteiger partial charge in [-0.25, -0.2) is 0 Å². The van der Waals surface area contributed by atoms with Crippen molar-refractivity contribution in [3.8, 4) is 5.75 Å². The van der Waals surface area contributed by atoms with Crippen LogP contribution in [0.4, 0.5) is 11.4 Å². The van der Waals surface area contributed by atoms with Crippen LogP contribution in [-0.2, 0) is 21.4 Å². The molecule has 0 fully saturated rings. The molecule has 2 N–H and O–H groups in total. The Morgan fingerprint density at radius 2 is 1.96 bits per heavy atom. The Labute approximate surface area is 158 Å². The van der Waals surface area contributed by atoms with Gasteiger partial charge >= 0.3 is 0 Å². The van der Waals surface area contributed by atoms with Crippen LogP contribution >= 0.6 is 0 Å². The van der Waals surface area contributed by atoms with Crippen molar-refractivity contribution in [1.82, 2.24) is 10.1 Å². The highest BCUT2D eigenvalue weighted by atomic mass is 16.5. The van der Waals surface area contributed by atoms with E-state index in [0.717, 1.165) is 0 Å².